The van der Waals surface area contributed by atoms with E-state index in [1.807, 2.05) is 6.92 Å². The molecule has 6 nitrogen and oxygen atoms in total. The highest BCUT2D eigenvalue weighted by molar-refractivity contribution is 6.32. The highest BCUT2D eigenvalue weighted by atomic mass is 35.5. The Bertz CT molecular complexity index is 357. The minimum Gasteiger partial charge on any atom is -0.393 e. The Kier molecular flexibility index (Phi) is 4.11. The van der Waals surface area contributed by atoms with Gasteiger partial charge in [-0.3, -0.25) is 4.79 Å². The molecule has 15 heavy (non-hydrogen) atoms. The van der Waals surface area contributed by atoms with Crippen molar-refractivity contribution in [1.82, 2.24) is 15.3 Å². The van der Waals surface area contributed by atoms with Crippen molar-refractivity contribution in [3.05, 3.63) is 11.5 Å². The summed E-state index contributed by atoms with van der Waals surface area (Å²) in [6, 6.07) is 0. The number of rotatable bonds is 4. The van der Waals surface area contributed by atoms with Crippen LogP contribution in [0.4, 0.5) is 11.5 Å². The number of hydrogen-bond acceptors (Lipinski definition) is 5. The number of aromatic nitrogens is 2. The fraction of sp³-hybridized carbons (Fsp3) is 0.375. The predicted octanol–water partition coefficient (Wildman–Crippen LogP) is 0.260. The van der Waals surface area contributed by atoms with Crippen LogP contribution in [0.2, 0.25) is 5.15 Å². The van der Waals surface area contributed by atoms with Crippen molar-refractivity contribution in [2.45, 2.75) is 6.92 Å². The van der Waals surface area contributed by atoms with E-state index in [9.17, 15) is 4.79 Å². The number of nitrogens with two attached hydrogens (primary N) is 1. The predicted molar refractivity (Wildman–Crippen MR) is 58.6 cm³/mol. The lowest BCUT2D eigenvalue weighted by Gasteiger charge is -2.07. The van der Waals surface area contributed by atoms with Crippen molar-refractivity contribution < 1.29 is 4.79 Å². The Morgan fingerprint density at radius 2 is 2.33 bits per heavy atom. The van der Waals surface area contributed by atoms with Gasteiger partial charge in [-0.05, 0) is 6.92 Å². The summed E-state index contributed by atoms with van der Waals surface area (Å²) in [4.78, 5) is 18.7. The molecule has 0 radical (unpaired) electrons. The molecular weight excluding hydrogens is 218 g/mol. The maximum absolute atomic E-state index is 11.1. The van der Waals surface area contributed by atoms with Crippen molar-refractivity contribution in [2.24, 2.45) is 0 Å². The number of halogens is 1. The molecule has 0 aliphatic heterocycles. The Balaban J connectivity index is 2.58. The molecule has 0 fully saturated rings. The molecule has 1 rings (SSSR count). The molecule has 0 bridgehead atoms. The fourth-order valence-corrected chi connectivity index (χ4v) is 1.07. The third kappa shape index (κ3) is 3.25. The maximum Gasteiger partial charge on any atom is 0.239 e. The SMILES string of the molecule is CCNC(=O)CNc1ncnc(Cl)c1N. The van der Waals surface area contributed by atoms with Gasteiger partial charge in [-0.1, -0.05) is 11.6 Å². The first-order valence-electron chi connectivity index (χ1n) is 4.41. The molecule has 1 aromatic heterocycles. The molecule has 0 spiro atoms. The molecule has 0 unspecified atom stereocenters. The second-order valence-corrected chi connectivity index (χ2v) is 3.09. The summed E-state index contributed by atoms with van der Waals surface area (Å²) in [5.41, 5.74) is 5.83. The molecule has 1 heterocycles. The van der Waals surface area contributed by atoms with E-state index in [2.05, 4.69) is 20.6 Å². The van der Waals surface area contributed by atoms with E-state index in [0.717, 1.165) is 0 Å². The van der Waals surface area contributed by atoms with Crippen LogP contribution in [0, 0.1) is 0 Å². The van der Waals surface area contributed by atoms with Gasteiger partial charge in [0.15, 0.2) is 11.0 Å². The summed E-state index contributed by atoms with van der Waals surface area (Å²) in [6.45, 7) is 2.53. The number of likely N-dealkylation sites (N-methyl/N-ethyl adjacent to an activating group) is 1. The first-order chi connectivity index (χ1) is 7.15. The summed E-state index contributed by atoms with van der Waals surface area (Å²) in [6.07, 6.45) is 1.28. The average molecular weight is 230 g/mol. The molecule has 7 heteroatoms. The molecule has 0 aliphatic carbocycles. The van der Waals surface area contributed by atoms with Crippen molar-refractivity contribution in [3.8, 4) is 0 Å². The molecule has 0 saturated carbocycles. The Hall–Kier alpha value is -1.56. The number of anilines is 2. The van der Waals surface area contributed by atoms with E-state index in [-0.39, 0.29) is 23.3 Å². The molecule has 0 saturated heterocycles. The van der Waals surface area contributed by atoms with E-state index >= 15 is 0 Å². The van der Waals surface area contributed by atoms with Gasteiger partial charge in [-0.2, -0.15) is 0 Å². The largest absolute Gasteiger partial charge is 0.393 e. The van der Waals surface area contributed by atoms with E-state index in [1.165, 1.54) is 6.33 Å². The van der Waals surface area contributed by atoms with E-state index in [1.54, 1.807) is 0 Å². The van der Waals surface area contributed by atoms with Gasteiger partial charge in [0.25, 0.3) is 0 Å². The zero-order valence-electron chi connectivity index (χ0n) is 8.25. The second-order valence-electron chi connectivity index (χ2n) is 2.73. The molecule has 4 N–H and O–H groups in total. The molecule has 0 aromatic carbocycles. The van der Waals surface area contributed by atoms with Gasteiger partial charge in [0, 0.05) is 6.54 Å². The van der Waals surface area contributed by atoms with Gasteiger partial charge in [0.05, 0.1) is 6.54 Å². The van der Waals surface area contributed by atoms with Gasteiger partial charge in [0.1, 0.15) is 12.0 Å². The first kappa shape index (κ1) is 11.5. The van der Waals surface area contributed by atoms with Crippen LogP contribution in [0.15, 0.2) is 6.33 Å². The lowest BCUT2D eigenvalue weighted by atomic mass is 10.4. The van der Waals surface area contributed by atoms with E-state index < -0.39 is 0 Å². The summed E-state index contributed by atoms with van der Waals surface area (Å²) in [5.74, 6) is 0.230. The minimum absolute atomic E-state index is 0.103. The molecule has 82 valence electrons. The number of nitrogens with one attached hydrogen (secondary N) is 2. The van der Waals surface area contributed by atoms with Crippen LogP contribution >= 0.6 is 11.6 Å². The first-order valence-corrected chi connectivity index (χ1v) is 4.79. The van der Waals surface area contributed by atoms with Crippen molar-refractivity contribution >= 4 is 29.0 Å². The molecule has 0 aliphatic rings. The van der Waals surface area contributed by atoms with Crippen LogP contribution in [-0.4, -0.2) is 29.0 Å². The Morgan fingerprint density at radius 1 is 1.60 bits per heavy atom. The topological polar surface area (TPSA) is 92.9 Å². The molecule has 0 atom stereocenters. The second kappa shape index (κ2) is 5.35. The van der Waals surface area contributed by atoms with E-state index in [0.29, 0.717) is 12.4 Å². The minimum atomic E-state index is -0.133. The molecular formula is C8H12ClN5O. The number of nitrogens with zero attached hydrogens (tertiary/aromatic N) is 2. The third-order valence-corrected chi connectivity index (χ3v) is 1.93. The summed E-state index contributed by atoms with van der Waals surface area (Å²) in [7, 11) is 0. The summed E-state index contributed by atoms with van der Waals surface area (Å²) < 4.78 is 0. The van der Waals surface area contributed by atoms with Crippen molar-refractivity contribution in [3.63, 3.8) is 0 Å². The highest BCUT2D eigenvalue weighted by Crippen LogP contribution is 2.21. The highest BCUT2D eigenvalue weighted by Gasteiger charge is 2.06. The number of nitrogen functional groups attached to an aromatic ring is 1. The molecule has 1 amide bonds. The van der Waals surface area contributed by atoms with E-state index in [4.69, 9.17) is 17.3 Å². The Morgan fingerprint density at radius 3 is 3.00 bits per heavy atom. The smallest absolute Gasteiger partial charge is 0.239 e. The lowest BCUT2D eigenvalue weighted by molar-refractivity contribution is -0.119. The zero-order chi connectivity index (χ0) is 11.3. The summed E-state index contributed by atoms with van der Waals surface area (Å²) >= 11 is 5.67. The van der Waals surface area contributed by atoms with Crippen molar-refractivity contribution in [1.29, 1.82) is 0 Å². The van der Waals surface area contributed by atoms with Gasteiger partial charge >= 0.3 is 0 Å². The van der Waals surface area contributed by atoms with Crippen LogP contribution in [0.3, 0.4) is 0 Å². The number of hydrogen-bond donors (Lipinski definition) is 3. The third-order valence-electron chi connectivity index (χ3n) is 1.63. The Labute approximate surface area is 92.2 Å². The normalized spacial score (nSPS) is 9.73. The maximum atomic E-state index is 11.1. The van der Waals surface area contributed by atoms with Gasteiger partial charge < -0.3 is 16.4 Å². The van der Waals surface area contributed by atoms with Crippen LogP contribution in [0.5, 0.6) is 0 Å². The average Bonchev–Trinajstić information content (AvgIpc) is 2.21. The summed E-state index contributed by atoms with van der Waals surface area (Å²) in [5, 5.41) is 5.57. The van der Waals surface area contributed by atoms with Crippen LogP contribution < -0.4 is 16.4 Å². The fourth-order valence-electron chi connectivity index (χ4n) is 0.939. The van der Waals surface area contributed by atoms with Crippen molar-refractivity contribution in [2.75, 3.05) is 24.1 Å². The number of carbonyl (C=O) groups excluding carboxylic acids is 1. The quantitative estimate of drug-likeness (QED) is 0.644. The van der Waals surface area contributed by atoms with Gasteiger partial charge in [-0.15, -0.1) is 0 Å². The van der Waals surface area contributed by atoms with Crippen LogP contribution in [-0.2, 0) is 4.79 Å². The van der Waals surface area contributed by atoms with Gasteiger partial charge in [-0.25, -0.2) is 9.97 Å². The molecule has 1 aromatic rings. The van der Waals surface area contributed by atoms with Gasteiger partial charge in [0.2, 0.25) is 5.91 Å². The number of carbonyl (C=O) groups is 1. The standard InChI is InChI=1S/C8H12ClN5O/c1-2-11-5(15)3-12-8-6(10)7(9)13-4-14-8/h4H,2-3,10H2,1H3,(H,11,15)(H,12,13,14). The zero-order valence-corrected chi connectivity index (χ0v) is 9.01. The lowest BCUT2D eigenvalue weighted by Crippen LogP contribution is -2.29. The number of amides is 1. The van der Waals surface area contributed by atoms with Crippen LogP contribution in [0.1, 0.15) is 6.92 Å². The van der Waals surface area contributed by atoms with Crippen LogP contribution in [0.25, 0.3) is 0 Å². The monoisotopic (exact) mass is 229 g/mol.